The van der Waals surface area contributed by atoms with E-state index in [0.29, 0.717) is 6.42 Å². The van der Waals surface area contributed by atoms with E-state index in [1.807, 2.05) is 60.7 Å². The maximum absolute atomic E-state index is 12.8. The van der Waals surface area contributed by atoms with Crippen LogP contribution in [-0.4, -0.2) is 44.3 Å². The van der Waals surface area contributed by atoms with Crippen LogP contribution in [0, 0.1) is 0 Å². The molecule has 1 heterocycles. The molecular formula is C21H24N2O4S2. The van der Waals surface area contributed by atoms with Gasteiger partial charge in [-0.1, -0.05) is 48.5 Å². The number of thioether (sulfide) groups is 1. The SMILES string of the molecule is O=C(CCNC(=O)[C@@H](Sc1ccccc1)c1ccccc1)N[C@H]1CCS(=O)(=O)C1. The molecule has 3 rings (SSSR count). The molecule has 0 saturated carbocycles. The zero-order valence-electron chi connectivity index (χ0n) is 15.9. The third-order valence-electron chi connectivity index (χ3n) is 4.59. The minimum absolute atomic E-state index is 0.00506. The maximum atomic E-state index is 12.8. The molecule has 1 fully saturated rings. The van der Waals surface area contributed by atoms with Gasteiger partial charge in [0.2, 0.25) is 11.8 Å². The molecule has 1 saturated heterocycles. The summed E-state index contributed by atoms with van der Waals surface area (Å²) < 4.78 is 22.9. The molecule has 6 nitrogen and oxygen atoms in total. The smallest absolute Gasteiger partial charge is 0.238 e. The number of nitrogens with one attached hydrogen (secondary N) is 2. The van der Waals surface area contributed by atoms with Crippen molar-refractivity contribution in [1.82, 2.24) is 10.6 Å². The molecule has 2 atom stereocenters. The van der Waals surface area contributed by atoms with E-state index >= 15 is 0 Å². The zero-order chi connectivity index (χ0) is 20.7. The number of carbonyl (C=O) groups excluding carboxylic acids is 2. The second-order valence-electron chi connectivity index (χ2n) is 6.93. The third-order valence-corrected chi connectivity index (χ3v) is 7.62. The van der Waals surface area contributed by atoms with Crippen LogP contribution in [0.4, 0.5) is 0 Å². The molecule has 2 aromatic carbocycles. The molecule has 2 amide bonds. The van der Waals surface area contributed by atoms with Crippen molar-refractivity contribution in [2.45, 2.75) is 29.0 Å². The first-order valence-corrected chi connectivity index (χ1v) is 12.2. The Hall–Kier alpha value is -2.32. The molecule has 8 heteroatoms. The van der Waals surface area contributed by atoms with Crippen LogP contribution in [-0.2, 0) is 19.4 Å². The number of rotatable bonds is 8. The molecular weight excluding hydrogens is 408 g/mol. The van der Waals surface area contributed by atoms with Crippen LogP contribution in [0.5, 0.6) is 0 Å². The zero-order valence-corrected chi connectivity index (χ0v) is 17.5. The van der Waals surface area contributed by atoms with Crippen LogP contribution in [0.3, 0.4) is 0 Å². The predicted molar refractivity (Wildman–Crippen MR) is 114 cm³/mol. The molecule has 0 bridgehead atoms. The Kier molecular flexibility index (Phi) is 7.33. The number of hydrogen-bond acceptors (Lipinski definition) is 5. The van der Waals surface area contributed by atoms with E-state index in [-0.39, 0.29) is 42.3 Å². The lowest BCUT2D eigenvalue weighted by molar-refractivity contribution is -0.122. The Morgan fingerprint density at radius 2 is 1.69 bits per heavy atom. The summed E-state index contributed by atoms with van der Waals surface area (Å²) in [5.41, 5.74) is 0.888. The van der Waals surface area contributed by atoms with E-state index < -0.39 is 15.1 Å². The molecule has 0 radical (unpaired) electrons. The van der Waals surface area contributed by atoms with Crippen molar-refractivity contribution < 1.29 is 18.0 Å². The number of benzene rings is 2. The predicted octanol–water partition coefficient (Wildman–Crippen LogP) is 2.33. The van der Waals surface area contributed by atoms with Crippen molar-refractivity contribution in [3.05, 3.63) is 66.2 Å². The van der Waals surface area contributed by atoms with Crippen molar-refractivity contribution >= 4 is 33.4 Å². The molecule has 0 spiro atoms. The summed E-state index contributed by atoms with van der Waals surface area (Å²) in [6, 6.07) is 18.9. The van der Waals surface area contributed by atoms with Gasteiger partial charge < -0.3 is 10.6 Å². The molecule has 154 valence electrons. The van der Waals surface area contributed by atoms with Gasteiger partial charge in [-0.15, -0.1) is 11.8 Å². The maximum Gasteiger partial charge on any atom is 0.238 e. The largest absolute Gasteiger partial charge is 0.354 e. The molecule has 2 N–H and O–H groups in total. The average molecular weight is 433 g/mol. The van der Waals surface area contributed by atoms with E-state index in [1.54, 1.807) is 0 Å². The van der Waals surface area contributed by atoms with Crippen LogP contribution < -0.4 is 10.6 Å². The summed E-state index contributed by atoms with van der Waals surface area (Å²) in [5, 5.41) is 5.14. The molecule has 0 aliphatic carbocycles. The standard InChI is InChI=1S/C21H24N2O4S2/c24-19(23-17-12-14-29(26,27)15-17)11-13-22-21(25)20(16-7-3-1-4-8-16)28-18-9-5-2-6-10-18/h1-10,17,20H,11-15H2,(H,22,25)(H,23,24)/t17-,20-/m0/s1. The second-order valence-corrected chi connectivity index (χ2v) is 10.3. The first-order chi connectivity index (χ1) is 13.9. The van der Waals surface area contributed by atoms with Gasteiger partial charge in [0.05, 0.1) is 11.5 Å². The molecule has 2 aromatic rings. The Balaban J connectivity index is 1.54. The monoisotopic (exact) mass is 432 g/mol. The summed E-state index contributed by atoms with van der Waals surface area (Å²) >= 11 is 1.46. The van der Waals surface area contributed by atoms with Crippen molar-refractivity contribution in [2.24, 2.45) is 0 Å². The highest BCUT2D eigenvalue weighted by Crippen LogP contribution is 2.35. The van der Waals surface area contributed by atoms with Crippen LogP contribution >= 0.6 is 11.8 Å². The first kappa shape index (κ1) is 21.4. The van der Waals surface area contributed by atoms with Crippen molar-refractivity contribution in [2.75, 3.05) is 18.1 Å². The Labute approximate surface area is 175 Å². The fourth-order valence-electron chi connectivity index (χ4n) is 3.14. The summed E-state index contributed by atoms with van der Waals surface area (Å²) in [4.78, 5) is 25.9. The van der Waals surface area contributed by atoms with Gasteiger partial charge in [0.25, 0.3) is 0 Å². The molecule has 0 unspecified atom stereocenters. The minimum Gasteiger partial charge on any atom is -0.354 e. The molecule has 1 aliphatic rings. The quantitative estimate of drug-likeness (QED) is 0.625. The van der Waals surface area contributed by atoms with Gasteiger partial charge in [0.15, 0.2) is 9.84 Å². The molecule has 29 heavy (non-hydrogen) atoms. The van der Waals surface area contributed by atoms with E-state index in [1.165, 1.54) is 11.8 Å². The van der Waals surface area contributed by atoms with Gasteiger partial charge in [-0.2, -0.15) is 0 Å². The fourth-order valence-corrected chi connectivity index (χ4v) is 5.88. The van der Waals surface area contributed by atoms with Gasteiger partial charge in [-0.3, -0.25) is 9.59 Å². The van der Waals surface area contributed by atoms with Crippen LogP contribution in [0.2, 0.25) is 0 Å². The lowest BCUT2D eigenvalue weighted by Crippen LogP contribution is -2.38. The topological polar surface area (TPSA) is 92.3 Å². The van der Waals surface area contributed by atoms with Crippen LogP contribution in [0.1, 0.15) is 23.7 Å². The second kappa shape index (κ2) is 9.93. The lowest BCUT2D eigenvalue weighted by atomic mass is 10.1. The Morgan fingerprint density at radius 1 is 1.03 bits per heavy atom. The fraction of sp³-hybridized carbons (Fsp3) is 0.333. The summed E-state index contributed by atoms with van der Waals surface area (Å²) in [7, 11) is -3.03. The van der Waals surface area contributed by atoms with Gasteiger partial charge in [0.1, 0.15) is 5.25 Å². The summed E-state index contributed by atoms with van der Waals surface area (Å²) in [6.07, 6.45) is 0.560. The van der Waals surface area contributed by atoms with Crippen LogP contribution in [0.25, 0.3) is 0 Å². The Morgan fingerprint density at radius 3 is 2.31 bits per heavy atom. The van der Waals surface area contributed by atoms with E-state index in [4.69, 9.17) is 0 Å². The highest BCUT2D eigenvalue weighted by Gasteiger charge is 2.29. The molecule has 1 aliphatic heterocycles. The minimum atomic E-state index is -3.03. The van der Waals surface area contributed by atoms with Crippen LogP contribution in [0.15, 0.2) is 65.6 Å². The van der Waals surface area contributed by atoms with Crippen molar-refractivity contribution in [1.29, 1.82) is 0 Å². The first-order valence-electron chi connectivity index (χ1n) is 9.47. The average Bonchev–Trinajstić information content (AvgIpc) is 3.05. The highest BCUT2D eigenvalue weighted by atomic mass is 32.2. The van der Waals surface area contributed by atoms with E-state index in [2.05, 4.69) is 10.6 Å². The van der Waals surface area contributed by atoms with E-state index in [9.17, 15) is 18.0 Å². The highest BCUT2D eigenvalue weighted by molar-refractivity contribution is 8.00. The van der Waals surface area contributed by atoms with Crippen molar-refractivity contribution in [3.63, 3.8) is 0 Å². The summed E-state index contributed by atoms with van der Waals surface area (Å²) in [5.74, 6) is -0.306. The number of amides is 2. The lowest BCUT2D eigenvalue weighted by Gasteiger charge is -2.17. The van der Waals surface area contributed by atoms with E-state index in [0.717, 1.165) is 10.5 Å². The normalized spacial score (nSPS) is 18.7. The Bertz CT molecular complexity index is 934. The number of sulfone groups is 1. The van der Waals surface area contributed by atoms with Gasteiger partial charge >= 0.3 is 0 Å². The number of hydrogen-bond donors (Lipinski definition) is 2. The number of carbonyl (C=O) groups is 2. The van der Waals surface area contributed by atoms with Gasteiger partial charge in [-0.05, 0) is 24.1 Å². The summed E-state index contributed by atoms with van der Waals surface area (Å²) in [6.45, 7) is 0.197. The van der Waals surface area contributed by atoms with Gasteiger partial charge in [0, 0.05) is 23.9 Å². The van der Waals surface area contributed by atoms with Crippen molar-refractivity contribution in [3.8, 4) is 0 Å². The molecule has 0 aromatic heterocycles. The third kappa shape index (κ3) is 6.61. The van der Waals surface area contributed by atoms with Gasteiger partial charge in [-0.25, -0.2) is 8.42 Å².